The molecule has 0 aromatic rings. The number of hydrogen-bond acceptors (Lipinski definition) is 1. The fraction of sp³-hybridized carbons (Fsp3) is 0. The molecule has 0 saturated heterocycles. The van der Waals surface area contributed by atoms with Crippen LogP contribution in [0.25, 0.3) is 0 Å². The van der Waals surface area contributed by atoms with Crippen LogP contribution in [0.5, 0.6) is 0 Å². The van der Waals surface area contributed by atoms with Crippen molar-refractivity contribution in [2.45, 2.75) is 0 Å². The third kappa shape index (κ3) is 8.89. The summed E-state index contributed by atoms with van der Waals surface area (Å²) < 4.78 is 7.81. The Balaban J connectivity index is -0.000000000833. The van der Waals surface area contributed by atoms with E-state index in [1.165, 1.54) is 0 Å². The molecule has 4 heavy (non-hydrogen) atoms. The molecule has 0 saturated carbocycles. The van der Waals surface area contributed by atoms with E-state index >= 15 is 0 Å². The molecule has 0 spiro atoms. The molecule has 0 aliphatic carbocycles. The van der Waals surface area contributed by atoms with Crippen molar-refractivity contribution in [3.05, 3.63) is 0 Å². The third-order valence-corrected chi connectivity index (χ3v) is 0. The molecule has 0 atom stereocenters. The second kappa shape index (κ2) is 16.7. The minimum atomic E-state index is 0. The topological polar surface area (TPSA) is 17.1 Å². The van der Waals surface area contributed by atoms with Crippen LogP contribution < -0.4 is 0 Å². The summed E-state index contributed by atoms with van der Waals surface area (Å²) >= 11 is 2.94. The molecule has 0 unspecified atom stereocenters. The van der Waals surface area contributed by atoms with Crippen molar-refractivity contribution in [3.63, 3.8) is 0 Å². The predicted octanol–water partition coefficient (Wildman–Crippen LogP) is -0.277. The van der Waals surface area contributed by atoms with E-state index in [0.717, 1.165) is 0 Å². The van der Waals surface area contributed by atoms with Crippen molar-refractivity contribution >= 4 is 45.5 Å². The van der Waals surface area contributed by atoms with Gasteiger partial charge in [0.2, 0.25) is 0 Å². The molecule has 0 bridgehead atoms. The van der Waals surface area contributed by atoms with Gasteiger partial charge in [-0.05, 0) is 0 Å². The SMILES string of the molecule is [H-].[H-].[La].[O]=[Cu].[Sr+2]. The summed E-state index contributed by atoms with van der Waals surface area (Å²) in [6.07, 6.45) is 0. The summed E-state index contributed by atoms with van der Waals surface area (Å²) in [5.41, 5.74) is 0. The number of rotatable bonds is 0. The van der Waals surface area contributed by atoms with Gasteiger partial charge >= 0.3 is 65.3 Å². The summed E-state index contributed by atoms with van der Waals surface area (Å²) in [7, 11) is 0. The van der Waals surface area contributed by atoms with E-state index in [2.05, 4.69) is 15.9 Å². The summed E-state index contributed by atoms with van der Waals surface area (Å²) in [4.78, 5) is 0. The Morgan fingerprint density at radius 1 is 1.50 bits per heavy atom. The molecule has 0 amide bonds. The Labute approximate surface area is 101 Å². The molecule has 1 nitrogen and oxygen atoms in total. The second-order valence-corrected chi connectivity index (χ2v) is 0. The van der Waals surface area contributed by atoms with Crippen LogP contribution in [0.15, 0.2) is 0 Å². The van der Waals surface area contributed by atoms with Gasteiger partial charge in [0.15, 0.2) is 0 Å². The zero-order chi connectivity index (χ0) is 2.00. The Morgan fingerprint density at radius 3 is 1.50 bits per heavy atom. The van der Waals surface area contributed by atoms with Gasteiger partial charge in [0, 0.05) is 35.6 Å². The smallest absolute Gasteiger partial charge is 2.00 e. The molecular weight excluding hydrogens is 306 g/mol. The van der Waals surface area contributed by atoms with E-state index in [1.807, 2.05) is 0 Å². The minimum absolute atomic E-state index is 0. The van der Waals surface area contributed by atoms with Gasteiger partial charge in [0.25, 0.3) is 0 Å². The zero-order valence-electron chi connectivity index (χ0n) is 3.99. The van der Waals surface area contributed by atoms with Gasteiger partial charge in [0.05, 0.1) is 0 Å². The van der Waals surface area contributed by atoms with Gasteiger partial charge in [-0.1, -0.05) is 0 Å². The Bertz CT molecular complexity index is 13.5. The molecule has 4 heteroatoms. The first-order valence-electron chi connectivity index (χ1n) is 0.123. The van der Waals surface area contributed by atoms with E-state index in [9.17, 15) is 0 Å². The number of hydrogen-bond donors (Lipinski definition) is 0. The molecule has 0 fully saturated rings. The van der Waals surface area contributed by atoms with Crippen molar-refractivity contribution in [3.8, 4) is 0 Å². The quantitative estimate of drug-likeness (QED) is 0.563. The predicted molar refractivity (Wildman–Crippen MR) is 8.66 cm³/mol. The Kier molecular flexibility index (Phi) is 65.7. The maximum absolute atomic E-state index is 7.81. The monoisotopic (exact) mass is 308 g/mol. The van der Waals surface area contributed by atoms with Gasteiger partial charge in [-0.3, -0.25) is 0 Å². The zero-order valence-corrected chi connectivity index (χ0v) is 10.0. The molecule has 0 heterocycles. The van der Waals surface area contributed by atoms with E-state index in [-0.39, 0.29) is 83.9 Å². The molecule has 0 aromatic heterocycles. The van der Waals surface area contributed by atoms with Crippen molar-refractivity contribution in [1.29, 1.82) is 0 Å². The Morgan fingerprint density at radius 2 is 1.50 bits per heavy atom. The molecule has 0 aliphatic rings. The molecule has 1 radical (unpaired) electrons. The van der Waals surface area contributed by atoms with Crippen molar-refractivity contribution < 1.29 is 58.2 Å². The van der Waals surface area contributed by atoms with Gasteiger partial charge in [-0.25, -0.2) is 0 Å². The fourth-order valence-electron chi connectivity index (χ4n) is 0. The van der Waals surface area contributed by atoms with E-state index in [1.54, 1.807) is 0 Å². The van der Waals surface area contributed by atoms with Gasteiger partial charge in [0.1, 0.15) is 0 Å². The summed E-state index contributed by atoms with van der Waals surface area (Å²) in [6.45, 7) is 0. The molecule has 0 N–H and O–H groups in total. The molecular formula is H2CuLaOSr. The van der Waals surface area contributed by atoms with Crippen LogP contribution in [-0.2, 0) is 19.8 Å². The van der Waals surface area contributed by atoms with Gasteiger partial charge in [-0.15, -0.1) is 0 Å². The van der Waals surface area contributed by atoms with Crippen LogP contribution in [0.2, 0.25) is 0 Å². The van der Waals surface area contributed by atoms with Crippen LogP contribution in [0, 0.1) is 35.6 Å². The van der Waals surface area contributed by atoms with Crippen molar-refractivity contribution in [1.82, 2.24) is 0 Å². The first kappa shape index (κ1) is 15.8. The first-order valence-corrected chi connectivity index (χ1v) is 0.508. The normalized spacial score (nSPS) is 1.50. The maximum atomic E-state index is 7.81. The average Bonchev–Trinajstić information content (AvgIpc) is 1.00. The summed E-state index contributed by atoms with van der Waals surface area (Å²) in [5.74, 6) is 0. The van der Waals surface area contributed by atoms with Crippen molar-refractivity contribution in [2.75, 3.05) is 0 Å². The molecule has 24 valence electrons. The van der Waals surface area contributed by atoms with Gasteiger partial charge in [-0.2, -0.15) is 0 Å². The third-order valence-electron chi connectivity index (χ3n) is 0. The maximum Gasteiger partial charge on any atom is 2.00 e. The van der Waals surface area contributed by atoms with E-state index < -0.39 is 0 Å². The molecule has 0 rings (SSSR count). The first-order chi connectivity index (χ1) is 1.00. The van der Waals surface area contributed by atoms with Crippen LogP contribution in [0.3, 0.4) is 0 Å². The summed E-state index contributed by atoms with van der Waals surface area (Å²) in [6, 6.07) is 0. The summed E-state index contributed by atoms with van der Waals surface area (Å²) in [5, 5.41) is 0. The molecule has 0 aromatic carbocycles. The van der Waals surface area contributed by atoms with Crippen LogP contribution >= 0.6 is 0 Å². The van der Waals surface area contributed by atoms with Crippen LogP contribution in [0.1, 0.15) is 2.85 Å². The van der Waals surface area contributed by atoms with Crippen LogP contribution in [-0.4, -0.2) is 45.5 Å². The molecule has 0 aliphatic heterocycles. The van der Waals surface area contributed by atoms with E-state index in [0.29, 0.717) is 0 Å². The average molecular weight is 308 g/mol. The van der Waals surface area contributed by atoms with E-state index in [4.69, 9.17) is 3.83 Å². The van der Waals surface area contributed by atoms with Crippen molar-refractivity contribution in [2.24, 2.45) is 0 Å². The second-order valence-electron chi connectivity index (χ2n) is 0. The fourth-order valence-corrected chi connectivity index (χ4v) is 0. The standard InChI is InChI=1S/Cu.La.O.Sr.2H/q;;;+2;2*-1. The Hall–Kier alpha value is 2.99. The van der Waals surface area contributed by atoms with Gasteiger partial charge < -0.3 is 2.85 Å². The largest absolute Gasteiger partial charge is 2.00 e. The van der Waals surface area contributed by atoms with Crippen LogP contribution in [0.4, 0.5) is 0 Å². The minimum Gasteiger partial charge on any atom is 2.00 e.